The molecule has 10 heavy (non-hydrogen) atoms. The molecule has 0 aliphatic heterocycles. The third kappa shape index (κ3) is 1.44. The van der Waals surface area contributed by atoms with Gasteiger partial charge in [0, 0.05) is 6.54 Å². The second-order valence-electron chi connectivity index (χ2n) is 1.87. The molecule has 0 spiro atoms. The van der Waals surface area contributed by atoms with Crippen molar-refractivity contribution in [2.75, 3.05) is 0 Å². The standard InChI is InChI=1S/C6H7Cl2N2/c1-2-3-10-4-9-5(7)6(10)8/h4H,1-3H2. The molecule has 0 aliphatic rings. The van der Waals surface area contributed by atoms with E-state index in [1.54, 1.807) is 10.9 Å². The smallest absolute Gasteiger partial charge is 0.166 e. The Morgan fingerprint density at radius 3 is 2.70 bits per heavy atom. The van der Waals surface area contributed by atoms with E-state index in [1.807, 2.05) is 0 Å². The third-order valence-corrected chi connectivity index (χ3v) is 1.90. The Morgan fingerprint density at radius 2 is 2.30 bits per heavy atom. The molecule has 0 fully saturated rings. The van der Waals surface area contributed by atoms with E-state index >= 15 is 0 Å². The molecule has 0 saturated heterocycles. The topological polar surface area (TPSA) is 17.8 Å². The third-order valence-electron chi connectivity index (χ3n) is 1.13. The van der Waals surface area contributed by atoms with Gasteiger partial charge in [-0.05, 0) is 6.42 Å². The Balaban J connectivity index is 2.83. The first kappa shape index (κ1) is 7.89. The van der Waals surface area contributed by atoms with Crippen molar-refractivity contribution in [3.8, 4) is 0 Å². The van der Waals surface area contributed by atoms with Crippen molar-refractivity contribution in [2.45, 2.75) is 13.0 Å². The molecule has 0 bridgehead atoms. The van der Waals surface area contributed by atoms with Crippen LogP contribution in [0.4, 0.5) is 0 Å². The molecule has 1 aromatic heterocycles. The normalized spacial score (nSPS) is 10.3. The molecule has 0 aliphatic carbocycles. The van der Waals surface area contributed by atoms with E-state index in [1.165, 1.54) is 0 Å². The van der Waals surface area contributed by atoms with Crippen molar-refractivity contribution in [2.24, 2.45) is 0 Å². The minimum Gasteiger partial charge on any atom is -0.320 e. The maximum absolute atomic E-state index is 5.73. The van der Waals surface area contributed by atoms with E-state index in [0.717, 1.165) is 13.0 Å². The van der Waals surface area contributed by atoms with Gasteiger partial charge in [0.2, 0.25) is 0 Å². The SMILES string of the molecule is [CH2]CCn1cnc(Cl)c1Cl. The summed E-state index contributed by atoms with van der Waals surface area (Å²) in [5, 5.41) is 0.848. The Bertz CT molecular complexity index is 220. The van der Waals surface area contributed by atoms with Crippen molar-refractivity contribution in [3.05, 3.63) is 23.6 Å². The fourth-order valence-corrected chi connectivity index (χ4v) is 0.998. The number of imidazole rings is 1. The maximum atomic E-state index is 5.73. The summed E-state index contributed by atoms with van der Waals surface area (Å²) in [5.41, 5.74) is 0. The van der Waals surface area contributed by atoms with Crippen LogP contribution in [-0.4, -0.2) is 9.55 Å². The summed E-state index contributed by atoms with van der Waals surface area (Å²) in [6.45, 7) is 4.44. The number of rotatable bonds is 2. The molecule has 0 amide bonds. The minimum atomic E-state index is 0.357. The lowest BCUT2D eigenvalue weighted by Crippen LogP contribution is -1.93. The number of hydrogen-bond acceptors (Lipinski definition) is 1. The molecule has 1 aromatic rings. The number of aryl methyl sites for hydroxylation is 1. The molecule has 0 unspecified atom stereocenters. The number of nitrogens with zero attached hydrogens (tertiary/aromatic N) is 2. The van der Waals surface area contributed by atoms with Crippen LogP contribution in [0, 0.1) is 6.92 Å². The molecule has 1 radical (unpaired) electrons. The summed E-state index contributed by atoms with van der Waals surface area (Å²) < 4.78 is 1.76. The largest absolute Gasteiger partial charge is 0.320 e. The zero-order chi connectivity index (χ0) is 7.56. The maximum Gasteiger partial charge on any atom is 0.166 e. The fourth-order valence-electron chi connectivity index (χ4n) is 0.669. The monoisotopic (exact) mass is 177 g/mol. The molecule has 1 rings (SSSR count). The molecule has 0 N–H and O–H groups in total. The van der Waals surface area contributed by atoms with Gasteiger partial charge in [0.15, 0.2) is 5.15 Å². The Kier molecular flexibility index (Phi) is 2.57. The molecular formula is C6H7Cl2N2. The molecule has 2 nitrogen and oxygen atoms in total. The number of hydrogen-bond donors (Lipinski definition) is 0. The number of aromatic nitrogens is 2. The lowest BCUT2D eigenvalue weighted by atomic mass is 10.5. The Morgan fingerprint density at radius 1 is 1.60 bits per heavy atom. The lowest BCUT2D eigenvalue weighted by molar-refractivity contribution is 0.708. The summed E-state index contributed by atoms with van der Waals surface area (Å²) in [6.07, 6.45) is 2.39. The van der Waals surface area contributed by atoms with Crippen LogP contribution in [0.15, 0.2) is 6.33 Å². The fraction of sp³-hybridized carbons (Fsp3) is 0.333. The van der Waals surface area contributed by atoms with Crippen LogP contribution in [-0.2, 0) is 6.54 Å². The summed E-state index contributed by atoms with van der Waals surface area (Å²) >= 11 is 11.3. The molecular weight excluding hydrogens is 171 g/mol. The van der Waals surface area contributed by atoms with E-state index in [0.29, 0.717) is 10.3 Å². The van der Waals surface area contributed by atoms with Gasteiger partial charge in [0.25, 0.3) is 0 Å². The van der Waals surface area contributed by atoms with Crippen molar-refractivity contribution < 1.29 is 0 Å². The summed E-state index contributed by atoms with van der Waals surface area (Å²) in [5.74, 6) is 0. The summed E-state index contributed by atoms with van der Waals surface area (Å²) in [4.78, 5) is 3.80. The summed E-state index contributed by atoms with van der Waals surface area (Å²) in [7, 11) is 0. The van der Waals surface area contributed by atoms with Gasteiger partial charge in [0.05, 0.1) is 6.33 Å². The highest BCUT2D eigenvalue weighted by molar-refractivity contribution is 6.40. The van der Waals surface area contributed by atoms with Crippen LogP contribution in [0.1, 0.15) is 6.42 Å². The van der Waals surface area contributed by atoms with Gasteiger partial charge in [-0.1, -0.05) is 30.1 Å². The minimum absolute atomic E-state index is 0.357. The van der Waals surface area contributed by atoms with Gasteiger partial charge < -0.3 is 4.57 Å². The summed E-state index contributed by atoms with van der Waals surface area (Å²) in [6, 6.07) is 0. The average Bonchev–Trinajstić information content (AvgIpc) is 2.20. The van der Waals surface area contributed by atoms with Gasteiger partial charge in [0.1, 0.15) is 5.15 Å². The highest BCUT2D eigenvalue weighted by atomic mass is 35.5. The Hall–Kier alpha value is -0.210. The van der Waals surface area contributed by atoms with Crippen LogP contribution in [0.3, 0.4) is 0 Å². The predicted molar refractivity (Wildman–Crippen MR) is 42.2 cm³/mol. The van der Waals surface area contributed by atoms with Crippen LogP contribution in [0.5, 0.6) is 0 Å². The van der Waals surface area contributed by atoms with E-state index in [-0.39, 0.29) is 0 Å². The first-order chi connectivity index (χ1) is 4.75. The quantitative estimate of drug-likeness (QED) is 0.679. The molecule has 0 aromatic carbocycles. The van der Waals surface area contributed by atoms with Crippen LogP contribution < -0.4 is 0 Å². The van der Waals surface area contributed by atoms with Crippen molar-refractivity contribution in [1.29, 1.82) is 0 Å². The average molecular weight is 178 g/mol. The first-order valence-electron chi connectivity index (χ1n) is 2.91. The highest BCUT2D eigenvalue weighted by Crippen LogP contribution is 2.19. The van der Waals surface area contributed by atoms with Crippen molar-refractivity contribution >= 4 is 23.2 Å². The van der Waals surface area contributed by atoms with Gasteiger partial charge in [-0.2, -0.15) is 0 Å². The van der Waals surface area contributed by atoms with Crippen LogP contribution in [0.2, 0.25) is 10.3 Å². The van der Waals surface area contributed by atoms with E-state index in [9.17, 15) is 0 Å². The van der Waals surface area contributed by atoms with Crippen LogP contribution in [0.25, 0.3) is 0 Å². The molecule has 0 saturated carbocycles. The van der Waals surface area contributed by atoms with Gasteiger partial charge in [-0.15, -0.1) is 0 Å². The second kappa shape index (κ2) is 3.26. The number of halogens is 2. The van der Waals surface area contributed by atoms with E-state index in [4.69, 9.17) is 23.2 Å². The molecule has 0 atom stereocenters. The zero-order valence-corrected chi connectivity index (χ0v) is 6.86. The predicted octanol–water partition coefficient (Wildman–Crippen LogP) is 2.41. The first-order valence-corrected chi connectivity index (χ1v) is 3.66. The van der Waals surface area contributed by atoms with Gasteiger partial charge in [-0.3, -0.25) is 0 Å². The Labute approximate surface area is 69.8 Å². The molecule has 55 valence electrons. The van der Waals surface area contributed by atoms with E-state index in [2.05, 4.69) is 11.9 Å². The molecule has 4 heteroatoms. The van der Waals surface area contributed by atoms with Gasteiger partial charge >= 0.3 is 0 Å². The lowest BCUT2D eigenvalue weighted by Gasteiger charge is -1.97. The second-order valence-corrected chi connectivity index (χ2v) is 2.59. The van der Waals surface area contributed by atoms with Crippen molar-refractivity contribution in [1.82, 2.24) is 9.55 Å². The van der Waals surface area contributed by atoms with Crippen LogP contribution >= 0.6 is 23.2 Å². The highest BCUT2D eigenvalue weighted by Gasteiger charge is 2.03. The van der Waals surface area contributed by atoms with Crippen molar-refractivity contribution in [3.63, 3.8) is 0 Å². The zero-order valence-electron chi connectivity index (χ0n) is 5.35. The van der Waals surface area contributed by atoms with E-state index < -0.39 is 0 Å². The van der Waals surface area contributed by atoms with Gasteiger partial charge in [-0.25, -0.2) is 4.98 Å². The molecule has 1 heterocycles.